The van der Waals surface area contributed by atoms with Crippen molar-refractivity contribution in [1.29, 1.82) is 0 Å². The van der Waals surface area contributed by atoms with E-state index in [2.05, 4.69) is 19.2 Å². The molecular weight excluding hydrogens is 615 g/mol. The van der Waals surface area contributed by atoms with Crippen LogP contribution in [0.25, 0.3) is 0 Å². The van der Waals surface area contributed by atoms with Crippen molar-refractivity contribution in [1.82, 2.24) is 5.32 Å². The zero-order chi connectivity index (χ0) is 36.4. The number of amides is 1. The highest BCUT2D eigenvalue weighted by molar-refractivity contribution is 5.76. The molecule has 4 heteroatoms. The lowest BCUT2D eigenvalue weighted by atomic mass is 10.0. The van der Waals surface area contributed by atoms with Gasteiger partial charge in [0.15, 0.2) is 0 Å². The molecule has 0 saturated heterocycles. The Hall–Kier alpha value is -0.870. The van der Waals surface area contributed by atoms with Gasteiger partial charge in [0.05, 0.1) is 18.8 Å². The van der Waals surface area contributed by atoms with Crippen molar-refractivity contribution in [3.05, 3.63) is 12.2 Å². The maximum absolute atomic E-state index is 12.4. The second-order valence-corrected chi connectivity index (χ2v) is 15.8. The molecule has 0 radical (unpaired) electrons. The van der Waals surface area contributed by atoms with Gasteiger partial charge in [-0.3, -0.25) is 4.79 Å². The van der Waals surface area contributed by atoms with Crippen LogP contribution in [0.15, 0.2) is 12.2 Å². The molecule has 0 saturated carbocycles. The highest BCUT2D eigenvalue weighted by atomic mass is 16.3. The van der Waals surface area contributed by atoms with Crippen molar-refractivity contribution >= 4 is 5.91 Å². The third-order valence-electron chi connectivity index (χ3n) is 10.8. The van der Waals surface area contributed by atoms with Gasteiger partial charge in [0.1, 0.15) is 0 Å². The van der Waals surface area contributed by atoms with Crippen LogP contribution in [0.4, 0.5) is 0 Å². The third kappa shape index (κ3) is 38.4. The van der Waals surface area contributed by atoms with Crippen LogP contribution in [-0.2, 0) is 4.79 Å². The quantitative estimate of drug-likeness (QED) is 0.0437. The number of carbonyl (C=O) groups is 1. The molecule has 0 unspecified atom stereocenters. The average molecular weight is 706 g/mol. The normalized spacial score (nSPS) is 13.0. The van der Waals surface area contributed by atoms with Crippen LogP contribution in [-0.4, -0.2) is 34.9 Å². The van der Waals surface area contributed by atoms with E-state index >= 15 is 0 Å². The largest absolute Gasteiger partial charge is 0.394 e. The minimum absolute atomic E-state index is 0.0602. The van der Waals surface area contributed by atoms with E-state index in [1.54, 1.807) is 6.08 Å². The Kier molecular flexibility index (Phi) is 41.8. The molecule has 0 aromatic heterocycles. The minimum Gasteiger partial charge on any atom is -0.394 e. The number of allylic oxidation sites excluding steroid dienone is 1. The monoisotopic (exact) mass is 706 g/mol. The van der Waals surface area contributed by atoms with Gasteiger partial charge in [-0.25, -0.2) is 0 Å². The highest BCUT2D eigenvalue weighted by Crippen LogP contribution is 2.17. The summed E-state index contributed by atoms with van der Waals surface area (Å²) in [5.74, 6) is -0.0602. The van der Waals surface area contributed by atoms with Crippen molar-refractivity contribution < 1.29 is 15.0 Å². The first-order valence-electron chi connectivity index (χ1n) is 22.9. The highest BCUT2D eigenvalue weighted by Gasteiger charge is 2.17. The summed E-state index contributed by atoms with van der Waals surface area (Å²) in [5.41, 5.74) is 0. The molecule has 2 atom stereocenters. The Morgan fingerprint density at radius 3 is 1.04 bits per heavy atom. The van der Waals surface area contributed by atoms with Gasteiger partial charge in [0.2, 0.25) is 5.91 Å². The molecule has 50 heavy (non-hydrogen) atoms. The van der Waals surface area contributed by atoms with Crippen molar-refractivity contribution in [2.75, 3.05) is 6.61 Å². The SMILES string of the molecule is CCCCCCCCCCC/C=C/[C@@H](O)[C@H](CO)NC(=O)CCCCCCCCCCCCCCCCCCCCCCCCCCCCC. The lowest BCUT2D eigenvalue weighted by Crippen LogP contribution is -2.45. The summed E-state index contributed by atoms with van der Waals surface area (Å²) in [4.78, 5) is 12.4. The molecule has 3 N–H and O–H groups in total. The van der Waals surface area contributed by atoms with Gasteiger partial charge in [-0.1, -0.05) is 244 Å². The summed E-state index contributed by atoms with van der Waals surface area (Å²) < 4.78 is 0. The van der Waals surface area contributed by atoms with Crippen molar-refractivity contribution in [2.24, 2.45) is 0 Å². The van der Waals surface area contributed by atoms with Gasteiger partial charge in [-0.2, -0.15) is 0 Å². The number of nitrogens with one attached hydrogen (secondary N) is 1. The van der Waals surface area contributed by atoms with E-state index < -0.39 is 12.1 Å². The van der Waals surface area contributed by atoms with E-state index in [0.717, 1.165) is 25.7 Å². The molecule has 298 valence electrons. The van der Waals surface area contributed by atoms with Gasteiger partial charge in [-0.15, -0.1) is 0 Å². The average Bonchev–Trinajstić information content (AvgIpc) is 3.12. The minimum atomic E-state index is -0.832. The van der Waals surface area contributed by atoms with Crippen LogP contribution in [0, 0.1) is 0 Å². The molecule has 0 fully saturated rings. The van der Waals surface area contributed by atoms with Crippen LogP contribution in [0.3, 0.4) is 0 Å². The number of hydrogen-bond donors (Lipinski definition) is 3. The maximum Gasteiger partial charge on any atom is 0.220 e. The maximum atomic E-state index is 12.4. The van der Waals surface area contributed by atoms with Crippen LogP contribution < -0.4 is 5.32 Å². The number of unbranched alkanes of at least 4 members (excludes halogenated alkanes) is 35. The van der Waals surface area contributed by atoms with Crippen molar-refractivity contribution in [3.63, 3.8) is 0 Å². The zero-order valence-electron chi connectivity index (χ0n) is 34.2. The summed E-state index contributed by atoms with van der Waals surface area (Å²) in [6.45, 7) is 4.31. The fourth-order valence-corrected chi connectivity index (χ4v) is 7.24. The molecule has 0 rings (SSSR count). The summed E-state index contributed by atoms with van der Waals surface area (Å²) in [5, 5.41) is 22.9. The first-order valence-corrected chi connectivity index (χ1v) is 22.9. The number of carbonyl (C=O) groups excluding carboxylic acids is 1. The number of aliphatic hydroxyl groups is 2. The molecule has 0 aromatic rings. The third-order valence-corrected chi connectivity index (χ3v) is 10.8. The molecule has 4 nitrogen and oxygen atoms in total. The van der Waals surface area contributed by atoms with E-state index in [4.69, 9.17) is 0 Å². The molecule has 0 aliphatic carbocycles. The Morgan fingerprint density at radius 1 is 0.460 bits per heavy atom. The Labute approximate surface area is 314 Å². The zero-order valence-corrected chi connectivity index (χ0v) is 34.2. The molecule has 0 aliphatic rings. The van der Waals surface area contributed by atoms with Gasteiger partial charge in [0.25, 0.3) is 0 Å². The molecular formula is C46H91NO3. The van der Waals surface area contributed by atoms with Crippen LogP contribution in [0.5, 0.6) is 0 Å². The lowest BCUT2D eigenvalue weighted by Gasteiger charge is -2.20. The van der Waals surface area contributed by atoms with Crippen LogP contribution in [0.1, 0.15) is 258 Å². The molecule has 0 aromatic carbocycles. The van der Waals surface area contributed by atoms with Gasteiger partial charge in [0, 0.05) is 6.42 Å². The second-order valence-electron chi connectivity index (χ2n) is 15.8. The smallest absolute Gasteiger partial charge is 0.220 e. The Morgan fingerprint density at radius 2 is 0.740 bits per heavy atom. The predicted molar refractivity (Wildman–Crippen MR) is 221 cm³/mol. The fraction of sp³-hybridized carbons (Fsp3) is 0.935. The molecule has 1 amide bonds. The van der Waals surface area contributed by atoms with E-state index in [-0.39, 0.29) is 12.5 Å². The summed E-state index contributed by atoms with van der Waals surface area (Å²) in [6, 6.07) is -0.615. The topological polar surface area (TPSA) is 69.6 Å². The van der Waals surface area contributed by atoms with Gasteiger partial charge in [-0.05, 0) is 19.3 Å². The van der Waals surface area contributed by atoms with Crippen molar-refractivity contribution in [2.45, 2.75) is 270 Å². The van der Waals surface area contributed by atoms with Gasteiger partial charge < -0.3 is 15.5 Å². The van der Waals surface area contributed by atoms with Crippen molar-refractivity contribution in [3.8, 4) is 0 Å². The first kappa shape index (κ1) is 49.1. The van der Waals surface area contributed by atoms with E-state index in [0.29, 0.717) is 6.42 Å². The fourth-order valence-electron chi connectivity index (χ4n) is 7.24. The van der Waals surface area contributed by atoms with Crippen LogP contribution >= 0.6 is 0 Å². The molecule has 0 heterocycles. The number of rotatable bonds is 42. The van der Waals surface area contributed by atoms with E-state index in [9.17, 15) is 15.0 Å². The van der Waals surface area contributed by atoms with Crippen LogP contribution in [0.2, 0.25) is 0 Å². The summed E-state index contributed by atoms with van der Waals surface area (Å²) in [7, 11) is 0. The lowest BCUT2D eigenvalue weighted by molar-refractivity contribution is -0.123. The Balaban J connectivity index is 3.42. The van der Waals surface area contributed by atoms with E-state index in [1.165, 1.54) is 212 Å². The summed E-state index contributed by atoms with van der Waals surface area (Å²) in [6.07, 6.45) is 53.4. The molecule has 0 aliphatic heterocycles. The standard InChI is InChI=1S/C46H91NO3/c1-3-5-7-9-11-13-15-16-17-18-19-20-21-22-23-24-25-26-27-28-29-30-32-34-36-38-40-42-46(50)47-44(43-48)45(49)41-39-37-35-33-31-14-12-10-8-6-4-2/h39,41,44-45,48-49H,3-38,40,42-43H2,1-2H3,(H,47,50)/b41-39+/t44-,45+/m0/s1. The first-order chi connectivity index (χ1) is 24.7. The van der Waals surface area contributed by atoms with Gasteiger partial charge >= 0.3 is 0 Å². The summed E-state index contributed by atoms with van der Waals surface area (Å²) >= 11 is 0. The molecule has 0 bridgehead atoms. The number of hydrogen-bond acceptors (Lipinski definition) is 3. The van der Waals surface area contributed by atoms with E-state index in [1.807, 2.05) is 6.08 Å². The Bertz CT molecular complexity index is 680. The predicted octanol–water partition coefficient (Wildman–Crippen LogP) is 14.2. The molecule has 0 spiro atoms. The number of aliphatic hydroxyl groups excluding tert-OH is 2. The second kappa shape index (κ2) is 42.5.